The Morgan fingerprint density at radius 3 is 2.78 bits per heavy atom. The molecule has 5 rings (SSSR count). The van der Waals surface area contributed by atoms with Crippen LogP contribution in [-0.2, 0) is 4.79 Å². The lowest BCUT2D eigenvalue weighted by molar-refractivity contribution is -0.122. The van der Waals surface area contributed by atoms with E-state index in [0.717, 1.165) is 24.1 Å². The molecule has 0 radical (unpaired) electrons. The maximum Gasteiger partial charge on any atom is 0.243 e. The molecule has 2 heterocycles. The molecule has 3 aliphatic carbocycles. The second-order valence-electron chi connectivity index (χ2n) is 9.73. The fraction of sp³-hybridized carbons (Fsp3) is 0.652. The molecular weight excluding hydrogens is 354 g/mol. The molecule has 0 spiro atoms. The third-order valence-corrected chi connectivity index (χ3v) is 9.65. The maximum absolute atomic E-state index is 13.2. The minimum atomic E-state index is 0.0686. The SMILES string of the molecule is C[C@]12C=CC(=O)NC1CC[C@@H]1[C@H]2CC[C@]2(C)C(C(=O)c3cccs3)CC[C@@H]12. The van der Waals surface area contributed by atoms with Crippen LogP contribution in [0.15, 0.2) is 29.7 Å². The van der Waals surface area contributed by atoms with Crippen LogP contribution in [0.1, 0.15) is 62.0 Å². The monoisotopic (exact) mass is 383 g/mol. The number of thiophene rings is 1. The molecule has 4 aliphatic rings. The summed E-state index contributed by atoms with van der Waals surface area (Å²) in [7, 11) is 0. The molecule has 0 aromatic carbocycles. The second kappa shape index (κ2) is 6.04. The minimum absolute atomic E-state index is 0.0686. The molecule has 27 heavy (non-hydrogen) atoms. The quantitative estimate of drug-likeness (QED) is 0.743. The van der Waals surface area contributed by atoms with Gasteiger partial charge in [0.05, 0.1) is 4.88 Å². The molecule has 3 nitrogen and oxygen atoms in total. The molecule has 1 aromatic heterocycles. The van der Waals surface area contributed by atoms with Crippen LogP contribution < -0.4 is 5.32 Å². The number of rotatable bonds is 2. The summed E-state index contributed by atoms with van der Waals surface area (Å²) < 4.78 is 0. The average Bonchev–Trinajstić information content (AvgIpc) is 3.29. The van der Waals surface area contributed by atoms with Gasteiger partial charge in [0.15, 0.2) is 5.78 Å². The lowest BCUT2D eigenvalue weighted by atomic mass is 9.47. The van der Waals surface area contributed by atoms with E-state index in [0.29, 0.717) is 23.5 Å². The van der Waals surface area contributed by atoms with Crippen molar-refractivity contribution in [2.45, 2.75) is 58.4 Å². The molecule has 1 amide bonds. The first-order chi connectivity index (χ1) is 12.9. The van der Waals surface area contributed by atoms with Crippen LogP contribution >= 0.6 is 11.3 Å². The van der Waals surface area contributed by atoms with Gasteiger partial charge in [0, 0.05) is 17.4 Å². The lowest BCUT2D eigenvalue weighted by Crippen LogP contribution is -2.59. The van der Waals surface area contributed by atoms with E-state index in [1.807, 2.05) is 17.5 Å². The summed E-state index contributed by atoms with van der Waals surface area (Å²) in [5.41, 5.74) is 0.223. The van der Waals surface area contributed by atoms with Crippen molar-refractivity contribution in [1.82, 2.24) is 5.32 Å². The Labute approximate surface area is 165 Å². The van der Waals surface area contributed by atoms with Crippen LogP contribution in [0.4, 0.5) is 0 Å². The van der Waals surface area contributed by atoms with Gasteiger partial charge in [-0.3, -0.25) is 9.59 Å². The lowest BCUT2D eigenvalue weighted by Gasteiger charge is -2.58. The third-order valence-electron chi connectivity index (χ3n) is 8.77. The Morgan fingerprint density at radius 1 is 1.15 bits per heavy atom. The smallest absolute Gasteiger partial charge is 0.243 e. The molecular formula is C23H29NO2S. The van der Waals surface area contributed by atoms with Crippen LogP contribution in [0.3, 0.4) is 0 Å². The largest absolute Gasteiger partial charge is 0.349 e. The predicted octanol–water partition coefficient (Wildman–Crippen LogP) is 4.84. The maximum atomic E-state index is 13.2. The van der Waals surface area contributed by atoms with Crippen molar-refractivity contribution >= 4 is 23.0 Å². The Bertz CT molecular complexity index is 799. The van der Waals surface area contributed by atoms with Crippen molar-refractivity contribution < 1.29 is 9.59 Å². The molecule has 0 saturated heterocycles. The highest BCUT2D eigenvalue weighted by molar-refractivity contribution is 7.12. The van der Waals surface area contributed by atoms with E-state index >= 15 is 0 Å². The van der Waals surface area contributed by atoms with Crippen LogP contribution in [0.25, 0.3) is 0 Å². The summed E-state index contributed by atoms with van der Waals surface area (Å²) in [4.78, 5) is 26.0. The van der Waals surface area contributed by atoms with Crippen molar-refractivity contribution in [2.75, 3.05) is 0 Å². The number of carbonyl (C=O) groups is 2. The van der Waals surface area contributed by atoms with Gasteiger partial charge in [-0.2, -0.15) is 0 Å². The standard InChI is InChI=1S/C23H29NO2S/c1-22-11-9-16-14(5-8-19-23(16,2)12-10-20(25)24-19)15(22)6-7-17(22)21(26)18-4-3-13-27-18/h3-4,10,12-17,19H,5-9,11H2,1-2H3,(H,24,25)/t14-,15-,16+,17?,19?,22-,23+/m0/s1. The highest BCUT2D eigenvalue weighted by Gasteiger charge is 2.60. The highest BCUT2D eigenvalue weighted by atomic mass is 32.1. The molecule has 144 valence electrons. The van der Waals surface area contributed by atoms with Gasteiger partial charge in [0.2, 0.25) is 5.91 Å². The van der Waals surface area contributed by atoms with E-state index in [9.17, 15) is 9.59 Å². The van der Waals surface area contributed by atoms with Gasteiger partial charge in [-0.1, -0.05) is 26.0 Å². The zero-order valence-electron chi connectivity index (χ0n) is 16.2. The first-order valence-corrected chi connectivity index (χ1v) is 11.4. The van der Waals surface area contributed by atoms with Crippen molar-refractivity contribution in [3.8, 4) is 0 Å². The Balaban J connectivity index is 1.44. The predicted molar refractivity (Wildman–Crippen MR) is 108 cm³/mol. The summed E-state index contributed by atoms with van der Waals surface area (Å²) in [6, 6.07) is 4.28. The van der Waals surface area contributed by atoms with Gasteiger partial charge in [0.25, 0.3) is 0 Å². The molecule has 1 N–H and O–H groups in total. The molecule has 3 fully saturated rings. The number of amides is 1. The van der Waals surface area contributed by atoms with Crippen LogP contribution in [-0.4, -0.2) is 17.7 Å². The summed E-state index contributed by atoms with van der Waals surface area (Å²) in [5.74, 6) is 2.60. The summed E-state index contributed by atoms with van der Waals surface area (Å²) in [6.07, 6.45) is 10.8. The number of ketones is 1. The summed E-state index contributed by atoms with van der Waals surface area (Å²) in [5, 5.41) is 5.25. The van der Waals surface area contributed by atoms with Gasteiger partial charge >= 0.3 is 0 Å². The molecule has 0 bridgehead atoms. The molecule has 1 aliphatic heterocycles. The molecule has 7 atom stereocenters. The zero-order valence-corrected chi connectivity index (χ0v) is 17.1. The van der Waals surface area contributed by atoms with E-state index in [2.05, 4.69) is 25.2 Å². The van der Waals surface area contributed by atoms with Gasteiger partial charge < -0.3 is 5.32 Å². The van der Waals surface area contributed by atoms with E-state index in [1.54, 1.807) is 17.4 Å². The molecule has 4 heteroatoms. The fourth-order valence-corrected chi connectivity index (χ4v) is 8.07. The average molecular weight is 384 g/mol. The van der Waals surface area contributed by atoms with Gasteiger partial charge in [0.1, 0.15) is 0 Å². The van der Waals surface area contributed by atoms with Gasteiger partial charge in [-0.15, -0.1) is 11.3 Å². The van der Waals surface area contributed by atoms with E-state index in [-0.39, 0.29) is 28.7 Å². The van der Waals surface area contributed by atoms with Crippen molar-refractivity contribution in [1.29, 1.82) is 0 Å². The number of fused-ring (bicyclic) bond motifs is 5. The van der Waals surface area contributed by atoms with Gasteiger partial charge in [-0.05, 0) is 79.2 Å². The van der Waals surface area contributed by atoms with Crippen molar-refractivity contribution in [3.05, 3.63) is 34.5 Å². The Kier molecular flexibility index (Phi) is 3.95. The first-order valence-electron chi connectivity index (χ1n) is 10.5. The summed E-state index contributed by atoms with van der Waals surface area (Å²) >= 11 is 1.59. The molecule has 2 unspecified atom stereocenters. The normalized spacial score (nSPS) is 45.6. The van der Waals surface area contributed by atoms with E-state index in [4.69, 9.17) is 0 Å². The first kappa shape index (κ1) is 17.7. The minimum Gasteiger partial charge on any atom is -0.349 e. The third kappa shape index (κ3) is 2.45. The molecule has 3 saturated carbocycles. The zero-order chi connectivity index (χ0) is 18.8. The van der Waals surface area contributed by atoms with Crippen LogP contribution in [0.5, 0.6) is 0 Å². The van der Waals surface area contributed by atoms with Crippen molar-refractivity contribution in [2.24, 2.45) is 34.5 Å². The van der Waals surface area contributed by atoms with Gasteiger partial charge in [-0.25, -0.2) is 0 Å². The van der Waals surface area contributed by atoms with Crippen LogP contribution in [0, 0.1) is 34.5 Å². The number of Topliss-reactive ketones (excluding diaryl/α,β-unsaturated/α-hetero) is 1. The molecule has 1 aromatic rings. The number of hydrogen-bond acceptors (Lipinski definition) is 3. The van der Waals surface area contributed by atoms with Crippen molar-refractivity contribution in [3.63, 3.8) is 0 Å². The number of nitrogens with one attached hydrogen (secondary N) is 1. The topological polar surface area (TPSA) is 46.2 Å². The van der Waals surface area contributed by atoms with E-state index in [1.165, 1.54) is 19.3 Å². The summed E-state index contributed by atoms with van der Waals surface area (Å²) in [6.45, 7) is 4.76. The Morgan fingerprint density at radius 2 is 2.00 bits per heavy atom. The second-order valence-corrected chi connectivity index (χ2v) is 10.7. The number of carbonyl (C=O) groups excluding carboxylic acids is 2. The number of hydrogen-bond donors (Lipinski definition) is 1. The fourth-order valence-electron chi connectivity index (χ4n) is 7.35. The van der Waals surface area contributed by atoms with Crippen LogP contribution in [0.2, 0.25) is 0 Å². The van der Waals surface area contributed by atoms with E-state index < -0.39 is 0 Å². The highest BCUT2D eigenvalue weighted by Crippen LogP contribution is 2.65. The Hall–Kier alpha value is -1.42.